The van der Waals surface area contributed by atoms with E-state index in [1.807, 2.05) is 52.9 Å². The first-order valence-corrected chi connectivity index (χ1v) is 11.5. The van der Waals surface area contributed by atoms with E-state index in [-0.39, 0.29) is 17.6 Å². The zero-order valence-corrected chi connectivity index (χ0v) is 18.9. The average molecular weight is 466 g/mol. The summed E-state index contributed by atoms with van der Waals surface area (Å²) in [7, 11) is 1.88. The van der Waals surface area contributed by atoms with E-state index in [9.17, 15) is 9.59 Å². The molecule has 3 aromatic heterocycles. The molecule has 0 saturated carbocycles. The van der Waals surface area contributed by atoms with Gasteiger partial charge in [-0.2, -0.15) is 0 Å². The molecule has 0 unspecified atom stereocenters. The van der Waals surface area contributed by atoms with Crippen LogP contribution in [0.3, 0.4) is 0 Å². The fourth-order valence-corrected chi connectivity index (χ4v) is 5.17. The lowest BCUT2D eigenvalue weighted by Gasteiger charge is -2.31. The molecule has 1 fully saturated rings. The second-order valence-corrected chi connectivity index (χ2v) is 9.29. The maximum Gasteiger partial charge on any atom is 0.270 e. The summed E-state index contributed by atoms with van der Waals surface area (Å²) in [5.41, 5.74) is 2.43. The lowest BCUT2D eigenvalue weighted by molar-refractivity contribution is 0.0642. The van der Waals surface area contributed by atoms with Gasteiger partial charge in [0, 0.05) is 59.9 Å². The van der Waals surface area contributed by atoms with Gasteiger partial charge in [0.15, 0.2) is 10.8 Å². The number of likely N-dealkylation sites (tertiary alicyclic amines) is 1. The quantitative estimate of drug-likeness (QED) is 0.415. The monoisotopic (exact) mass is 465 g/mol. The van der Waals surface area contributed by atoms with Crippen LogP contribution in [0.25, 0.3) is 21.5 Å². The summed E-state index contributed by atoms with van der Waals surface area (Å²) in [5, 5.41) is 10.9. The maximum atomic E-state index is 13.1. The Bertz CT molecular complexity index is 1310. The summed E-state index contributed by atoms with van der Waals surface area (Å²) >= 11 is 7.38. The molecule has 1 aromatic carbocycles. The molecule has 1 aliphatic rings. The van der Waals surface area contributed by atoms with Crippen LogP contribution in [0.2, 0.25) is 5.02 Å². The van der Waals surface area contributed by atoms with Crippen molar-refractivity contribution in [2.45, 2.75) is 12.8 Å². The molecule has 1 amide bonds. The van der Waals surface area contributed by atoms with Gasteiger partial charge in [-0.25, -0.2) is 0 Å². The van der Waals surface area contributed by atoms with Crippen LogP contribution in [-0.2, 0) is 7.05 Å². The highest BCUT2D eigenvalue weighted by atomic mass is 35.5. The molecule has 0 radical (unpaired) electrons. The fraction of sp³-hybridized carbons (Fsp3) is 0.261. The number of aryl methyl sites for hydroxylation is 1. The molecule has 1 saturated heterocycles. The number of fused-ring (bicyclic) bond motifs is 1. The van der Waals surface area contributed by atoms with Gasteiger partial charge in [-0.05, 0) is 49.2 Å². The molecular weight excluding hydrogens is 446 g/mol. The number of carbonyl (C=O) groups excluding carboxylic acids is 2. The van der Waals surface area contributed by atoms with Crippen LogP contribution in [0.5, 0.6) is 0 Å². The molecule has 1 aliphatic heterocycles. The minimum absolute atomic E-state index is 0.00369. The van der Waals surface area contributed by atoms with Crippen molar-refractivity contribution in [1.29, 1.82) is 0 Å². The topological polar surface area (TPSA) is 81.0 Å². The van der Waals surface area contributed by atoms with E-state index < -0.39 is 0 Å². The van der Waals surface area contributed by atoms with Crippen molar-refractivity contribution in [1.82, 2.24) is 24.6 Å². The lowest BCUT2D eigenvalue weighted by Crippen LogP contribution is -2.40. The van der Waals surface area contributed by atoms with Crippen molar-refractivity contribution in [3.63, 3.8) is 0 Å². The molecule has 4 heterocycles. The van der Waals surface area contributed by atoms with Crippen molar-refractivity contribution in [3.05, 3.63) is 64.5 Å². The number of amides is 1. The van der Waals surface area contributed by atoms with Gasteiger partial charge in [-0.1, -0.05) is 22.9 Å². The van der Waals surface area contributed by atoms with Crippen LogP contribution in [0.4, 0.5) is 0 Å². The number of halogens is 1. The molecule has 0 N–H and O–H groups in total. The van der Waals surface area contributed by atoms with E-state index in [0.29, 0.717) is 46.7 Å². The minimum atomic E-state index is -0.153. The lowest BCUT2D eigenvalue weighted by atomic mass is 9.92. The van der Waals surface area contributed by atoms with Gasteiger partial charge in [-0.3, -0.25) is 14.6 Å². The number of Topliss-reactive ketones (excluding diaryl/α,β-unsaturated/α-hetero) is 1. The smallest absolute Gasteiger partial charge is 0.270 e. The maximum absolute atomic E-state index is 13.1. The standard InChI is InChI=1S/C23H20ClN5O2S/c1-28-18-5-4-17(24)11-16(18)12-19(28)23(31)29-9-6-14(7-10-29)20(30)22-27-26-21(32-22)15-3-2-8-25-13-15/h2-5,8,11-14H,6-7,9-10H2,1H3. The van der Waals surface area contributed by atoms with E-state index in [1.54, 1.807) is 12.4 Å². The van der Waals surface area contributed by atoms with Crippen LogP contribution in [0.15, 0.2) is 48.8 Å². The van der Waals surface area contributed by atoms with Gasteiger partial charge in [0.2, 0.25) is 0 Å². The molecule has 0 bridgehead atoms. The van der Waals surface area contributed by atoms with Gasteiger partial charge in [0.1, 0.15) is 10.7 Å². The second kappa shape index (κ2) is 8.44. The van der Waals surface area contributed by atoms with Gasteiger partial charge >= 0.3 is 0 Å². The molecule has 5 rings (SSSR count). The van der Waals surface area contributed by atoms with Crippen molar-refractivity contribution >= 4 is 45.5 Å². The molecule has 162 valence electrons. The Labute approximate surface area is 193 Å². The van der Waals surface area contributed by atoms with Crippen LogP contribution in [-0.4, -0.2) is 49.4 Å². The molecule has 4 aromatic rings. The number of hydrogen-bond donors (Lipinski definition) is 0. The van der Waals surface area contributed by atoms with Crippen molar-refractivity contribution < 1.29 is 9.59 Å². The number of piperidine rings is 1. The van der Waals surface area contributed by atoms with Crippen LogP contribution < -0.4 is 0 Å². The van der Waals surface area contributed by atoms with E-state index >= 15 is 0 Å². The predicted octanol–water partition coefficient (Wildman–Crippen LogP) is 4.48. The zero-order valence-electron chi connectivity index (χ0n) is 17.4. The van der Waals surface area contributed by atoms with E-state index in [2.05, 4.69) is 15.2 Å². The molecule has 7 nitrogen and oxygen atoms in total. The summed E-state index contributed by atoms with van der Waals surface area (Å²) in [6.45, 7) is 1.07. The third-order valence-corrected chi connectivity index (χ3v) is 7.14. The normalized spacial score (nSPS) is 14.8. The summed E-state index contributed by atoms with van der Waals surface area (Å²) in [6, 6.07) is 11.2. The summed E-state index contributed by atoms with van der Waals surface area (Å²) < 4.78 is 1.90. The summed E-state index contributed by atoms with van der Waals surface area (Å²) in [4.78, 5) is 32.0. The number of benzene rings is 1. The number of rotatable bonds is 4. The molecule has 0 atom stereocenters. The van der Waals surface area contributed by atoms with Crippen molar-refractivity contribution in [2.75, 3.05) is 13.1 Å². The van der Waals surface area contributed by atoms with Gasteiger partial charge < -0.3 is 9.47 Å². The first kappa shape index (κ1) is 20.8. The first-order valence-electron chi connectivity index (χ1n) is 10.3. The summed E-state index contributed by atoms with van der Waals surface area (Å²) in [6.07, 6.45) is 4.63. The number of carbonyl (C=O) groups is 2. The van der Waals surface area contributed by atoms with Gasteiger partial charge in [0.05, 0.1) is 0 Å². The number of ketones is 1. The highest BCUT2D eigenvalue weighted by Crippen LogP contribution is 2.29. The highest BCUT2D eigenvalue weighted by Gasteiger charge is 2.31. The Morgan fingerprint density at radius 1 is 1.12 bits per heavy atom. The third-order valence-electron chi connectivity index (χ3n) is 5.92. The Morgan fingerprint density at radius 2 is 1.94 bits per heavy atom. The van der Waals surface area contributed by atoms with Crippen molar-refractivity contribution in [3.8, 4) is 10.6 Å². The number of aromatic nitrogens is 4. The minimum Gasteiger partial charge on any atom is -0.340 e. The highest BCUT2D eigenvalue weighted by molar-refractivity contribution is 7.16. The van der Waals surface area contributed by atoms with Gasteiger partial charge in [0.25, 0.3) is 5.91 Å². The molecule has 0 spiro atoms. The molecular formula is C23H20ClN5O2S. The molecule has 32 heavy (non-hydrogen) atoms. The van der Waals surface area contributed by atoms with Crippen LogP contribution >= 0.6 is 22.9 Å². The third kappa shape index (κ3) is 3.80. The van der Waals surface area contributed by atoms with Crippen LogP contribution in [0.1, 0.15) is 33.1 Å². The largest absolute Gasteiger partial charge is 0.340 e. The second-order valence-electron chi connectivity index (χ2n) is 7.88. The average Bonchev–Trinajstić information content (AvgIpc) is 3.44. The van der Waals surface area contributed by atoms with Gasteiger partial charge in [-0.15, -0.1) is 10.2 Å². The Morgan fingerprint density at radius 3 is 2.69 bits per heavy atom. The SMILES string of the molecule is Cn1c(C(=O)N2CCC(C(=O)c3nnc(-c4cccnc4)s3)CC2)cc2cc(Cl)ccc21. The first-order chi connectivity index (χ1) is 15.5. The van der Waals surface area contributed by atoms with Crippen molar-refractivity contribution in [2.24, 2.45) is 13.0 Å². The molecule has 0 aliphatic carbocycles. The molecule has 9 heteroatoms. The van der Waals surface area contributed by atoms with E-state index in [0.717, 1.165) is 16.5 Å². The Balaban J connectivity index is 1.26. The number of hydrogen-bond acceptors (Lipinski definition) is 6. The Hall–Kier alpha value is -3.10. The zero-order chi connectivity index (χ0) is 22.2. The fourth-order valence-electron chi connectivity index (χ4n) is 4.14. The Kier molecular flexibility index (Phi) is 5.48. The van der Waals surface area contributed by atoms with E-state index in [1.165, 1.54) is 11.3 Å². The summed E-state index contributed by atoms with van der Waals surface area (Å²) in [5.74, 6) is -0.176. The predicted molar refractivity (Wildman–Crippen MR) is 124 cm³/mol. The number of nitrogens with zero attached hydrogens (tertiary/aromatic N) is 5. The van der Waals surface area contributed by atoms with E-state index in [4.69, 9.17) is 11.6 Å². The van der Waals surface area contributed by atoms with Crippen LogP contribution in [0, 0.1) is 5.92 Å². The number of pyridine rings is 1.